The summed E-state index contributed by atoms with van der Waals surface area (Å²) in [6.07, 6.45) is 0. The Hall–Kier alpha value is -1.00. The highest BCUT2D eigenvalue weighted by Gasteiger charge is 2.11. The maximum atomic E-state index is 11.2. The fourth-order valence-corrected chi connectivity index (χ4v) is 2.50. The van der Waals surface area contributed by atoms with Gasteiger partial charge in [-0.2, -0.15) is 11.8 Å². The number of carbonyl (C=O) groups is 1. The van der Waals surface area contributed by atoms with Crippen molar-refractivity contribution in [2.45, 2.75) is 19.6 Å². The highest BCUT2D eigenvalue weighted by molar-refractivity contribution is 7.98. The number of nitrogens with two attached hydrogens (primary N) is 1. The monoisotopic (exact) mass is 238 g/mol. The third-order valence-electron chi connectivity index (χ3n) is 2.48. The minimum atomic E-state index is -0.0997. The van der Waals surface area contributed by atoms with Gasteiger partial charge in [0.05, 0.1) is 0 Å². The fraction of sp³-hybridized carbons (Fsp3) is 0.417. The summed E-state index contributed by atoms with van der Waals surface area (Å²) in [5, 5.41) is 0. The summed E-state index contributed by atoms with van der Waals surface area (Å²) in [7, 11) is 0. The van der Waals surface area contributed by atoms with Crippen molar-refractivity contribution in [2.75, 3.05) is 5.75 Å². The van der Waals surface area contributed by atoms with E-state index < -0.39 is 0 Å². The van der Waals surface area contributed by atoms with Crippen molar-refractivity contribution in [1.29, 1.82) is 0 Å². The van der Waals surface area contributed by atoms with Crippen LogP contribution in [0.2, 0.25) is 0 Å². The van der Waals surface area contributed by atoms with E-state index >= 15 is 0 Å². The Morgan fingerprint density at radius 1 is 1.50 bits per heavy atom. The average Bonchev–Trinajstić information content (AvgIpc) is 2.30. The van der Waals surface area contributed by atoms with E-state index in [0.717, 1.165) is 11.5 Å². The Morgan fingerprint density at radius 2 is 2.19 bits per heavy atom. The van der Waals surface area contributed by atoms with Gasteiger partial charge in [0.2, 0.25) is 5.91 Å². The van der Waals surface area contributed by atoms with E-state index in [1.807, 2.05) is 19.1 Å². The van der Waals surface area contributed by atoms with Gasteiger partial charge in [-0.05, 0) is 18.1 Å². The average molecular weight is 238 g/mol. The van der Waals surface area contributed by atoms with Gasteiger partial charge < -0.3 is 0 Å². The second kappa shape index (κ2) is 6.55. The van der Waals surface area contributed by atoms with Crippen molar-refractivity contribution in [3.8, 4) is 0 Å². The zero-order chi connectivity index (χ0) is 12.0. The zero-order valence-corrected chi connectivity index (χ0v) is 10.5. The molecule has 0 aliphatic heterocycles. The lowest BCUT2D eigenvalue weighted by Crippen LogP contribution is -2.35. The number of aryl methyl sites for hydroxylation is 1. The lowest BCUT2D eigenvalue weighted by molar-refractivity contribution is -0.123. The highest BCUT2D eigenvalue weighted by atomic mass is 32.2. The Balaban J connectivity index is 2.36. The molecule has 1 atom stereocenters. The molecule has 0 aliphatic carbocycles. The molecule has 0 fully saturated rings. The molecule has 3 nitrogen and oxygen atoms in total. The summed E-state index contributed by atoms with van der Waals surface area (Å²) in [6, 6.07) is 8.30. The van der Waals surface area contributed by atoms with Gasteiger partial charge in [0, 0.05) is 17.4 Å². The summed E-state index contributed by atoms with van der Waals surface area (Å²) in [6.45, 7) is 3.99. The van der Waals surface area contributed by atoms with Gasteiger partial charge in [-0.25, -0.2) is 5.84 Å². The second-order valence-electron chi connectivity index (χ2n) is 3.85. The smallest absolute Gasteiger partial charge is 0.237 e. The van der Waals surface area contributed by atoms with E-state index in [0.29, 0.717) is 0 Å². The number of rotatable bonds is 5. The van der Waals surface area contributed by atoms with Crippen LogP contribution < -0.4 is 11.3 Å². The van der Waals surface area contributed by atoms with Crippen LogP contribution in [-0.2, 0) is 10.5 Å². The van der Waals surface area contributed by atoms with Gasteiger partial charge in [-0.1, -0.05) is 31.2 Å². The van der Waals surface area contributed by atoms with Crippen LogP contribution in [-0.4, -0.2) is 11.7 Å². The third kappa shape index (κ3) is 3.87. The van der Waals surface area contributed by atoms with Gasteiger partial charge in [0.15, 0.2) is 0 Å². The first-order valence-electron chi connectivity index (χ1n) is 5.28. The molecule has 88 valence electrons. The lowest BCUT2D eigenvalue weighted by atomic mass is 10.1. The Kier molecular flexibility index (Phi) is 5.35. The first-order valence-corrected chi connectivity index (χ1v) is 6.43. The molecule has 1 rings (SSSR count). The molecule has 0 aromatic heterocycles. The summed E-state index contributed by atoms with van der Waals surface area (Å²) in [5.41, 5.74) is 4.80. The summed E-state index contributed by atoms with van der Waals surface area (Å²) in [4.78, 5) is 11.2. The molecule has 3 N–H and O–H groups in total. The number of carbonyl (C=O) groups excluding carboxylic acids is 1. The van der Waals surface area contributed by atoms with Crippen LogP contribution in [0.3, 0.4) is 0 Å². The van der Waals surface area contributed by atoms with Crippen LogP contribution in [0.15, 0.2) is 24.3 Å². The van der Waals surface area contributed by atoms with Crippen LogP contribution in [0.25, 0.3) is 0 Å². The molecule has 1 amide bonds. The van der Waals surface area contributed by atoms with E-state index in [1.54, 1.807) is 11.8 Å². The summed E-state index contributed by atoms with van der Waals surface area (Å²) >= 11 is 1.76. The number of benzene rings is 1. The third-order valence-corrected chi connectivity index (χ3v) is 3.73. The second-order valence-corrected chi connectivity index (χ2v) is 4.88. The lowest BCUT2D eigenvalue weighted by Gasteiger charge is -2.10. The largest absolute Gasteiger partial charge is 0.294 e. The Labute approximate surface area is 101 Å². The minimum absolute atomic E-state index is 0.0426. The van der Waals surface area contributed by atoms with Gasteiger partial charge in [0.1, 0.15) is 0 Å². The van der Waals surface area contributed by atoms with Gasteiger partial charge in [-0.15, -0.1) is 0 Å². The molecule has 0 saturated heterocycles. The molecule has 0 spiro atoms. The van der Waals surface area contributed by atoms with Crippen LogP contribution in [0.1, 0.15) is 18.1 Å². The van der Waals surface area contributed by atoms with Crippen LogP contribution in [0, 0.1) is 12.8 Å². The van der Waals surface area contributed by atoms with E-state index in [1.165, 1.54) is 11.1 Å². The standard InChI is InChI=1S/C12H18N2OS/c1-9-5-3-4-6-11(9)8-16-7-10(2)12(15)14-13/h3-6,10H,7-8,13H2,1-2H3,(H,14,15). The highest BCUT2D eigenvalue weighted by Crippen LogP contribution is 2.18. The summed E-state index contributed by atoms with van der Waals surface area (Å²) in [5.74, 6) is 6.66. The number of hydrazine groups is 1. The maximum Gasteiger partial charge on any atom is 0.237 e. The molecule has 16 heavy (non-hydrogen) atoms. The molecule has 0 bridgehead atoms. The normalized spacial score (nSPS) is 12.2. The molecule has 0 aliphatic rings. The Bertz CT molecular complexity index is 355. The predicted octanol–water partition coefficient (Wildman–Crippen LogP) is 1.85. The maximum absolute atomic E-state index is 11.2. The Morgan fingerprint density at radius 3 is 2.81 bits per heavy atom. The first kappa shape index (κ1) is 13.1. The first-order chi connectivity index (χ1) is 7.65. The molecule has 1 aromatic carbocycles. The quantitative estimate of drug-likeness (QED) is 0.467. The molecule has 4 heteroatoms. The molecule has 0 heterocycles. The molecular weight excluding hydrogens is 220 g/mol. The fourth-order valence-electron chi connectivity index (χ4n) is 1.34. The van der Waals surface area contributed by atoms with Gasteiger partial charge in [-0.3, -0.25) is 10.2 Å². The minimum Gasteiger partial charge on any atom is -0.294 e. The summed E-state index contributed by atoms with van der Waals surface area (Å²) < 4.78 is 0. The van der Waals surface area contributed by atoms with Crippen molar-refractivity contribution in [3.05, 3.63) is 35.4 Å². The van der Waals surface area contributed by atoms with Crippen molar-refractivity contribution < 1.29 is 4.79 Å². The predicted molar refractivity (Wildman–Crippen MR) is 68.8 cm³/mol. The van der Waals surface area contributed by atoms with E-state index in [4.69, 9.17) is 5.84 Å². The zero-order valence-electron chi connectivity index (χ0n) is 9.69. The van der Waals surface area contributed by atoms with Gasteiger partial charge >= 0.3 is 0 Å². The van der Waals surface area contributed by atoms with Gasteiger partial charge in [0.25, 0.3) is 0 Å². The van der Waals surface area contributed by atoms with Crippen molar-refractivity contribution in [2.24, 2.45) is 11.8 Å². The molecule has 1 unspecified atom stereocenters. The van der Waals surface area contributed by atoms with Crippen LogP contribution in [0.5, 0.6) is 0 Å². The number of thioether (sulfide) groups is 1. The number of hydrogen-bond acceptors (Lipinski definition) is 3. The van der Waals surface area contributed by atoms with Crippen molar-refractivity contribution in [3.63, 3.8) is 0 Å². The molecule has 0 radical (unpaired) electrons. The van der Waals surface area contributed by atoms with E-state index in [9.17, 15) is 4.79 Å². The number of nitrogens with one attached hydrogen (secondary N) is 1. The van der Waals surface area contributed by atoms with Crippen LogP contribution in [0.4, 0.5) is 0 Å². The van der Waals surface area contributed by atoms with Crippen molar-refractivity contribution >= 4 is 17.7 Å². The van der Waals surface area contributed by atoms with E-state index in [2.05, 4.69) is 24.5 Å². The van der Waals surface area contributed by atoms with E-state index in [-0.39, 0.29) is 11.8 Å². The topological polar surface area (TPSA) is 55.1 Å². The number of hydrogen-bond donors (Lipinski definition) is 2. The van der Waals surface area contributed by atoms with Crippen LogP contribution >= 0.6 is 11.8 Å². The SMILES string of the molecule is Cc1ccccc1CSCC(C)C(=O)NN. The van der Waals surface area contributed by atoms with Crippen molar-refractivity contribution in [1.82, 2.24) is 5.43 Å². The molecular formula is C12H18N2OS. The number of amides is 1. The molecule has 0 saturated carbocycles. The molecule has 1 aromatic rings.